The maximum absolute atomic E-state index is 12.0. The maximum Gasteiger partial charge on any atom is 0.315 e. The second kappa shape index (κ2) is 5.31. The SMILES string of the molecule is C[C@H](CCO)NC(=O)NC1C2CC3CC(C2)CC1C3. The van der Waals surface area contributed by atoms with Crippen LogP contribution in [0.15, 0.2) is 0 Å². The van der Waals surface area contributed by atoms with Gasteiger partial charge in [0, 0.05) is 18.7 Å². The van der Waals surface area contributed by atoms with Gasteiger partial charge in [0.15, 0.2) is 0 Å². The standard InChI is InChI=1S/C15H26N2O2/c1-9(2-3-18)16-15(19)17-14-12-5-10-4-11(7-12)8-13(14)6-10/h9-14,18H,2-8H2,1H3,(H2,16,17,19)/t9-,10?,11?,12?,13?,14?/m1/s1. The molecular formula is C15H26N2O2. The highest BCUT2D eigenvalue weighted by Gasteiger charge is 2.48. The van der Waals surface area contributed by atoms with Crippen LogP contribution in [0.25, 0.3) is 0 Å². The van der Waals surface area contributed by atoms with Crippen molar-refractivity contribution < 1.29 is 9.90 Å². The third-order valence-corrected chi connectivity index (χ3v) is 5.46. The molecule has 4 rings (SSSR count). The number of rotatable bonds is 4. The molecule has 1 atom stereocenters. The molecule has 4 fully saturated rings. The van der Waals surface area contributed by atoms with Crippen molar-refractivity contribution in [1.82, 2.24) is 10.6 Å². The van der Waals surface area contributed by atoms with Gasteiger partial charge in [-0.1, -0.05) is 0 Å². The summed E-state index contributed by atoms with van der Waals surface area (Å²) >= 11 is 0. The predicted molar refractivity (Wildman–Crippen MR) is 73.7 cm³/mol. The summed E-state index contributed by atoms with van der Waals surface area (Å²) in [4.78, 5) is 12.0. The van der Waals surface area contributed by atoms with E-state index in [0.717, 1.165) is 23.7 Å². The van der Waals surface area contributed by atoms with E-state index in [1.807, 2.05) is 6.92 Å². The largest absolute Gasteiger partial charge is 0.396 e. The number of carbonyl (C=O) groups excluding carboxylic acids is 1. The molecule has 108 valence electrons. The molecule has 4 nitrogen and oxygen atoms in total. The lowest BCUT2D eigenvalue weighted by molar-refractivity contribution is -0.00952. The van der Waals surface area contributed by atoms with Crippen molar-refractivity contribution in [1.29, 1.82) is 0 Å². The smallest absolute Gasteiger partial charge is 0.315 e. The second-order valence-electron chi connectivity index (χ2n) is 6.99. The van der Waals surface area contributed by atoms with E-state index in [2.05, 4.69) is 10.6 Å². The third kappa shape index (κ3) is 2.73. The van der Waals surface area contributed by atoms with Crippen LogP contribution < -0.4 is 10.6 Å². The van der Waals surface area contributed by atoms with E-state index in [4.69, 9.17) is 5.11 Å². The molecule has 4 aliphatic rings. The molecule has 0 aliphatic heterocycles. The highest BCUT2D eigenvalue weighted by atomic mass is 16.3. The zero-order valence-corrected chi connectivity index (χ0v) is 11.8. The van der Waals surface area contributed by atoms with Crippen LogP contribution in [-0.2, 0) is 0 Å². The zero-order valence-electron chi connectivity index (χ0n) is 11.8. The third-order valence-electron chi connectivity index (χ3n) is 5.46. The molecule has 4 bridgehead atoms. The molecule has 2 amide bonds. The van der Waals surface area contributed by atoms with E-state index < -0.39 is 0 Å². The Morgan fingerprint density at radius 1 is 1.16 bits per heavy atom. The van der Waals surface area contributed by atoms with Gasteiger partial charge >= 0.3 is 6.03 Å². The molecule has 0 aromatic rings. The van der Waals surface area contributed by atoms with E-state index in [1.54, 1.807) is 0 Å². The number of urea groups is 1. The van der Waals surface area contributed by atoms with Crippen LogP contribution in [0.2, 0.25) is 0 Å². The van der Waals surface area contributed by atoms with Gasteiger partial charge in [0.05, 0.1) is 0 Å². The Morgan fingerprint density at radius 2 is 1.74 bits per heavy atom. The number of hydrogen-bond donors (Lipinski definition) is 3. The second-order valence-corrected chi connectivity index (χ2v) is 6.99. The lowest BCUT2D eigenvalue weighted by Gasteiger charge is -2.54. The Kier molecular flexibility index (Phi) is 3.70. The fraction of sp³-hybridized carbons (Fsp3) is 0.933. The molecule has 0 saturated heterocycles. The van der Waals surface area contributed by atoms with Crippen molar-refractivity contribution in [2.24, 2.45) is 23.7 Å². The van der Waals surface area contributed by atoms with E-state index in [9.17, 15) is 4.79 Å². The Morgan fingerprint density at radius 3 is 2.26 bits per heavy atom. The fourth-order valence-corrected chi connectivity index (χ4v) is 4.84. The van der Waals surface area contributed by atoms with Crippen molar-refractivity contribution >= 4 is 6.03 Å². The first-order valence-corrected chi connectivity index (χ1v) is 7.83. The number of carbonyl (C=O) groups is 1. The Labute approximate surface area is 115 Å². The molecule has 19 heavy (non-hydrogen) atoms. The summed E-state index contributed by atoms with van der Waals surface area (Å²) in [6.07, 6.45) is 7.36. The molecule has 4 saturated carbocycles. The number of aliphatic hydroxyl groups excluding tert-OH is 1. The minimum atomic E-state index is -0.0431. The molecule has 0 aromatic carbocycles. The van der Waals surface area contributed by atoms with Crippen LogP contribution >= 0.6 is 0 Å². The molecule has 0 unspecified atom stereocenters. The average molecular weight is 266 g/mol. The molecular weight excluding hydrogens is 240 g/mol. The van der Waals surface area contributed by atoms with Crippen molar-refractivity contribution in [2.75, 3.05) is 6.61 Å². The number of amides is 2. The molecule has 0 spiro atoms. The number of nitrogens with one attached hydrogen (secondary N) is 2. The number of aliphatic hydroxyl groups is 1. The molecule has 3 N–H and O–H groups in total. The summed E-state index contributed by atoms with van der Waals surface area (Å²) in [5.41, 5.74) is 0. The summed E-state index contributed by atoms with van der Waals surface area (Å²) in [6.45, 7) is 2.06. The van der Waals surface area contributed by atoms with Crippen LogP contribution in [0.3, 0.4) is 0 Å². The van der Waals surface area contributed by atoms with Crippen molar-refractivity contribution in [2.45, 2.75) is 57.5 Å². The van der Waals surface area contributed by atoms with Crippen molar-refractivity contribution in [3.8, 4) is 0 Å². The van der Waals surface area contributed by atoms with E-state index in [-0.39, 0.29) is 18.7 Å². The highest BCUT2D eigenvalue weighted by molar-refractivity contribution is 5.74. The molecule has 0 heterocycles. The van der Waals surface area contributed by atoms with Gasteiger partial charge in [-0.25, -0.2) is 4.79 Å². The maximum atomic E-state index is 12.0. The van der Waals surface area contributed by atoms with E-state index >= 15 is 0 Å². The lowest BCUT2D eigenvalue weighted by Crippen LogP contribution is -2.58. The first-order valence-electron chi connectivity index (χ1n) is 7.83. The zero-order chi connectivity index (χ0) is 13.4. The van der Waals surface area contributed by atoms with Gasteiger partial charge in [0.2, 0.25) is 0 Å². The minimum Gasteiger partial charge on any atom is -0.396 e. The first-order chi connectivity index (χ1) is 9.15. The Bertz CT molecular complexity index is 317. The van der Waals surface area contributed by atoms with Gasteiger partial charge in [-0.3, -0.25) is 0 Å². The van der Waals surface area contributed by atoms with Gasteiger partial charge in [-0.15, -0.1) is 0 Å². The fourth-order valence-electron chi connectivity index (χ4n) is 4.84. The summed E-state index contributed by atoms with van der Waals surface area (Å²) < 4.78 is 0. The monoisotopic (exact) mass is 266 g/mol. The number of hydrogen-bond acceptors (Lipinski definition) is 2. The van der Waals surface area contributed by atoms with Gasteiger partial charge in [0.1, 0.15) is 0 Å². The predicted octanol–water partition coefficient (Wildman–Crippen LogP) is 1.88. The van der Waals surface area contributed by atoms with Crippen molar-refractivity contribution in [3.63, 3.8) is 0 Å². The summed E-state index contributed by atoms with van der Waals surface area (Å²) in [7, 11) is 0. The average Bonchev–Trinajstić information content (AvgIpc) is 2.33. The van der Waals surface area contributed by atoms with E-state index in [0.29, 0.717) is 12.5 Å². The Balaban J connectivity index is 1.54. The molecule has 4 heteroatoms. The van der Waals surface area contributed by atoms with Crippen LogP contribution in [-0.4, -0.2) is 29.8 Å². The first kappa shape index (κ1) is 13.2. The molecule has 4 aliphatic carbocycles. The summed E-state index contributed by atoms with van der Waals surface area (Å²) in [5.74, 6) is 3.32. The topological polar surface area (TPSA) is 61.4 Å². The van der Waals surface area contributed by atoms with Gasteiger partial charge < -0.3 is 15.7 Å². The molecule has 0 radical (unpaired) electrons. The van der Waals surface area contributed by atoms with Gasteiger partial charge in [0.25, 0.3) is 0 Å². The van der Waals surface area contributed by atoms with Gasteiger partial charge in [-0.2, -0.15) is 0 Å². The molecule has 0 aromatic heterocycles. The van der Waals surface area contributed by atoms with Crippen LogP contribution in [0, 0.1) is 23.7 Å². The van der Waals surface area contributed by atoms with E-state index in [1.165, 1.54) is 32.1 Å². The van der Waals surface area contributed by atoms with Crippen LogP contribution in [0.4, 0.5) is 4.79 Å². The van der Waals surface area contributed by atoms with Crippen LogP contribution in [0.5, 0.6) is 0 Å². The van der Waals surface area contributed by atoms with Crippen LogP contribution in [0.1, 0.15) is 45.4 Å². The minimum absolute atomic E-state index is 0.0431. The lowest BCUT2D eigenvalue weighted by atomic mass is 9.54. The normalized spacial score (nSPS) is 41.1. The highest BCUT2D eigenvalue weighted by Crippen LogP contribution is 2.53. The summed E-state index contributed by atoms with van der Waals surface area (Å²) in [5, 5.41) is 15.0. The van der Waals surface area contributed by atoms with Gasteiger partial charge in [-0.05, 0) is 69.1 Å². The Hall–Kier alpha value is -0.770. The summed E-state index contributed by atoms with van der Waals surface area (Å²) in [6, 6.07) is 0.398. The quantitative estimate of drug-likeness (QED) is 0.727. The van der Waals surface area contributed by atoms with Crippen molar-refractivity contribution in [3.05, 3.63) is 0 Å².